The third-order valence-electron chi connectivity index (χ3n) is 7.18. The Bertz CT molecular complexity index is 1800. The molecule has 2 heterocycles. The van der Waals surface area contributed by atoms with Crippen LogP contribution in [0.25, 0.3) is 22.3 Å². The zero-order valence-electron chi connectivity index (χ0n) is 24.3. The van der Waals surface area contributed by atoms with Gasteiger partial charge in [-0.2, -0.15) is 0 Å². The predicted octanol–water partition coefficient (Wildman–Crippen LogP) is 8.76. The van der Waals surface area contributed by atoms with E-state index in [1.54, 1.807) is 30.9 Å². The first kappa shape index (κ1) is 28.2. The van der Waals surface area contributed by atoms with Gasteiger partial charge in [0.25, 0.3) is 5.69 Å². The molecule has 0 aliphatic heterocycles. The van der Waals surface area contributed by atoms with Crippen molar-refractivity contribution in [3.63, 3.8) is 0 Å². The summed E-state index contributed by atoms with van der Waals surface area (Å²) in [5.41, 5.74) is 11.1. The monoisotopic (exact) mass is 553 g/mol. The largest absolute Gasteiger partial charge is 0.277 e. The number of nitro benzene ring substituents is 1. The number of rotatable bonds is 7. The fourth-order valence-electron chi connectivity index (χ4n) is 5.29. The van der Waals surface area contributed by atoms with Crippen molar-refractivity contribution < 1.29 is 4.92 Å². The van der Waals surface area contributed by atoms with E-state index >= 15 is 0 Å². The molecule has 42 heavy (non-hydrogen) atoms. The van der Waals surface area contributed by atoms with E-state index in [0.717, 1.165) is 67.3 Å². The molecule has 0 amide bonds. The summed E-state index contributed by atoms with van der Waals surface area (Å²) in [6.45, 7) is 9.97. The van der Waals surface area contributed by atoms with Crippen LogP contribution in [-0.2, 0) is 0 Å². The number of benzene rings is 3. The second kappa shape index (κ2) is 12.1. The Labute approximate surface area is 245 Å². The Balaban J connectivity index is 1.63. The minimum Gasteiger partial charge on any atom is -0.258 e. The van der Waals surface area contributed by atoms with Crippen LogP contribution >= 0.6 is 0 Å². The molecule has 208 valence electrons. The maximum atomic E-state index is 12.3. The number of aryl methyl sites for hydroxylation is 5. The molecule has 5 rings (SSSR count). The zero-order chi connectivity index (χ0) is 29.8. The molecule has 7 heteroatoms. The van der Waals surface area contributed by atoms with Crippen molar-refractivity contribution in [1.82, 2.24) is 9.97 Å². The lowest BCUT2D eigenvalue weighted by Crippen LogP contribution is -1.99. The van der Waals surface area contributed by atoms with Crippen LogP contribution in [0.5, 0.6) is 0 Å². The van der Waals surface area contributed by atoms with Gasteiger partial charge in [-0.25, -0.2) is 0 Å². The molecular formula is C35H31N5O2. The summed E-state index contributed by atoms with van der Waals surface area (Å²) >= 11 is 0. The van der Waals surface area contributed by atoms with E-state index in [0.29, 0.717) is 5.56 Å². The van der Waals surface area contributed by atoms with E-state index in [2.05, 4.69) is 22.1 Å². The van der Waals surface area contributed by atoms with Gasteiger partial charge in [-0.1, -0.05) is 18.2 Å². The van der Waals surface area contributed by atoms with Crippen LogP contribution in [0, 0.1) is 44.7 Å². The van der Waals surface area contributed by atoms with E-state index in [1.165, 1.54) is 0 Å². The van der Waals surface area contributed by atoms with Crippen molar-refractivity contribution in [2.75, 3.05) is 0 Å². The Morgan fingerprint density at radius 2 is 1.07 bits per heavy atom. The number of nitro groups is 1. The number of aliphatic imine (C=N–C) groups is 2. The molecule has 0 spiro atoms. The Kier molecular flexibility index (Phi) is 8.11. The van der Waals surface area contributed by atoms with Crippen LogP contribution in [0.2, 0.25) is 0 Å². The standard InChI is InChI=1S/C35H31N5O2/c1-22-12-13-31(40(41)42)33(28-18-25(4)35(26(5)19-28)39-21-30-11-7-9-15-37-30)32(22)27-16-23(2)34(24(3)17-27)38-20-29-10-6-8-14-36-29/h6-21H,1-5H3/b38-20+,39-21+. The first-order valence-corrected chi connectivity index (χ1v) is 13.6. The van der Waals surface area contributed by atoms with Crippen LogP contribution < -0.4 is 0 Å². The van der Waals surface area contributed by atoms with E-state index < -0.39 is 0 Å². The van der Waals surface area contributed by atoms with E-state index in [1.807, 2.05) is 89.2 Å². The van der Waals surface area contributed by atoms with E-state index in [-0.39, 0.29) is 10.6 Å². The van der Waals surface area contributed by atoms with Crippen molar-refractivity contribution >= 4 is 29.5 Å². The van der Waals surface area contributed by atoms with Crippen LogP contribution in [0.4, 0.5) is 17.1 Å². The van der Waals surface area contributed by atoms with Crippen molar-refractivity contribution in [3.8, 4) is 22.3 Å². The highest BCUT2D eigenvalue weighted by Gasteiger charge is 2.24. The molecule has 0 aliphatic rings. The summed E-state index contributed by atoms with van der Waals surface area (Å²) in [7, 11) is 0. The fraction of sp³-hybridized carbons (Fsp3) is 0.143. The van der Waals surface area contributed by atoms with Crippen molar-refractivity contribution in [2.45, 2.75) is 34.6 Å². The summed E-state index contributed by atoms with van der Waals surface area (Å²) < 4.78 is 0. The molecule has 0 atom stereocenters. The van der Waals surface area contributed by atoms with Gasteiger partial charge in [-0.15, -0.1) is 0 Å². The quantitative estimate of drug-likeness (QED) is 0.114. The second-order valence-electron chi connectivity index (χ2n) is 10.4. The minimum absolute atomic E-state index is 0.0618. The Morgan fingerprint density at radius 3 is 1.48 bits per heavy atom. The SMILES string of the molecule is Cc1cc(-c2c(C)ccc([N+](=O)[O-])c2-c2cc(C)c(/N=C/c3ccccn3)c(C)c2)cc(C)c1/N=C/c1ccccn1. The topological polar surface area (TPSA) is 93.6 Å². The third kappa shape index (κ3) is 5.90. The summed E-state index contributed by atoms with van der Waals surface area (Å²) in [6.07, 6.45) is 6.95. The molecule has 0 aliphatic carbocycles. The maximum Gasteiger partial charge on any atom is 0.277 e. The maximum absolute atomic E-state index is 12.3. The van der Waals surface area contributed by atoms with Gasteiger partial charge < -0.3 is 0 Å². The second-order valence-corrected chi connectivity index (χ2v) is 10.4. The number of aromatic nitrogens is 2. The Hall–Kier alpha value is -5.30. The molecular weight excluding hydrogens is 522 g/mol. The van der Waals surface area contributed by atoms with Gasteiger partial charge in [-0.3, -0.25) is 30.1 Å². The van der Waals surface area contributed by atoms with E-state index in [4.69, 9.17) is 9.98 Å². The first-order chi connectivity index (χ1) is 20.2. The molecule has 0 fully saturated rings. The summed E-state index contributed by atoms with van der Waals surface area (Å²) in [6, 6.07) is 22.8. The van der Waals surface area contributed by atoms with Crippen molar-refractivity contribution in [3.05, 3.63) is 135 Å². The average Bonchev–Trinajstić information content (AvgIpc) is 2.97. The molecule has 0 saturated heterocycles. The average molecular weight is 554 g/mol. The number of hydrogen-bond donors (Lipinski definition) is 0. The molecule has 2 aromatic heterocycles. The van der Waals surface area contributed by atoms with Gasteiger partial charge in [-0.05, 0) is 128 Å². The molecule has 0 unspecified atom stereocenters. The van der Waals surface area contributed by atoms with Gasteiger partial charge in [0.15, 0.2) is 0 Å². The Morgan fingerprint density at radius 1 is 0.619 bits per heavy atom. The molecule has 0 radical (unpaired) electrons. The normalized spacial score (nSPS) is 11.5. The van der Waals surface area contributed by atoms with Crippen molar-refractivity contribution in [2.24, 2.45) is 9.98 Å². The highest BCUT2D eigenvalue weighted by Crippen LogP contribution is 2.44. The van der Waals surface area contributed by atoms with Crippen molar-refractivity contribution in [1.29, 1.82) is 0 Å². The van der Waals surface area contributed by atoms with Gasteiger partial charge in [0.05, 0.1) is 45.7 Å². The van der Waals surface area contributed by atoms with Gasteiger partial charge in [0.1, 0.15) is 0 Å². The predicted molar refractivity (Wildman–Crippen MR) is 171 cm³/mol. The highest BCUT2D eigenvalue weighted by molar-refractivity contribution is 5.93. The third-order valence-corrected chi connectivity index (χ3v) is 7.18. The number of hydrogen-bond acceptors (Lipinski definition) is 6. The molecule has 5 aromatic rings. The summed E-state index contributed by atoms with van der Waals surface area (Å²) in [5, 5.41) is 12.3. The molecule has 3 aromatic carbocycles. The van der Waals surface area contributed by atoms with Crippen LogP contribution in [0.15, 0.2) is 95.2 Å². The molecule has 0 bridgehead atoms. The van der Waals surface area contributed by atoms with Gasteiger partial charge in [0.2, 0.25) is 0 Å². The van der Waals surface area contributed by atoms with Crippen LogP contribution in [0.3, 0.4) is 0 Å². The number of pyridine rings is 2. The zero-order valence-corrected chi connectivity index (χ0v) is 24.3. The lowest BCUT2D eigenvalue weighted by Gasteiger charge is -2.18. The van der Waals surface area contributed by atoms with Crippen LogP contribution in [0.1, 0.15) is 39.2 Å². The smallest absolute Gasteiger partial charge is 0.258 e. The van der Waals surface area contributed by atoms with Gasteiger partial charge in [0, 0.05) is 18.5 Å². The van der Waals surface area contributed by atoms with Gasteiger partial charge >= 0.3 is 0 Å². The number of nitrogens with zero attached hydrogens (tertiary/aromatic N) is 5. The summed E-state index contributed by atoms with van der Waals surface area (Å²) in [5.74, 6) is 0. The molecule has 7 nitrogen and oxygen atoms in total. The van der Waals surface area contributed by atoms with E-state index in [9.17, 15) is 10.1 Å². The molecule has 0 N–H and O–H groups in total. The highest BCUT2D eigenvalue weighted by atomic mass is 16.6. The lowest BCUT2D eigenvalue weighted by atomic mass is 9.87. The molecule has 0 saturated carbocycles. The minimum atomic E-state index is -0.304. The summed E-state index contributed by atoms with van der Waals surface area (Å²) in [4.78, 5) is 30.1. The fourth-order valence-corrected chi connectivity index (χ4v) is 5.29. The van der Waals surface area contributed by atoms with Crippen LogP contribution in [-0.4, -0.2) is 27.3 Å². The first-order valence-electron chi connectivity index (χ1n) is 13.6. The lowest BCUT2D eigenvalue weighted by molar-refractivity contribution is -0.384.